The van der Waals surface area contributed by atoms with Crippen molar-refractivity contribution in [1.29, 1.82) is 0 Å². The van der Waals surface area contributed by atoms with Crippen molar-refractivity contribution in [2.75, 3.05) is 46.9 Å². The summed E-state index contributed by atoms with van der Waals surface area (Å²) in [5.41, 5.74) is 0. The van der Waals surface area contributed by atoms with Gasteiger partial charge in [0.1, 0.15) is 0 Å². The van der Waals surface area contributed by atoms with Gasteiger partial charge >= 0.3 is 6.03 Å². The largest absolute Gasteiger partial charge is 0.383 e. The predicted molar refractivity (Wildman–Crippen MR) is 71.9 cm³/mol. The quantitative estimate of drug-likeness (QED) is 0.548. The van der Waals surface area contributed by atoms with Crippen molar-refractivity contribution in [3.8, 4) is 0 Å². The van der Waals surface area contributed by atoms with Crippen LogP contribution in [0.2, 0.25) is 0 Å². The molecule has 0 spiro atoms. The molecule has 0 bridgehead atoms. The third-order valence-corrected chi connectivity index (χ3v) is 3.17. The molecule has 7 heteroatoms. The summed E-state index contributed by atoms with van der Waals surface area (Å²) in [5, 5.41) is 8.13. The summed E-state index contributed by atoms with van der Waals surface area (Å²) >= 11 is 0. The Morgan fingerprint density at radius 2 is 2.05 bits per heavy atom. The van der Waals surface area contributed by atoms with Crippen LogP contribution in [0, 0.1) is 0 Å². The number of likely N-dealkylation sites (N-methyl/N-ethyl adjacent to an activating group) is 1. The smallest absolute Gasteiger partial charge is 0.321 e. The average Bonchev–Trinajstić information content (AvgIpc) is 2.39. The predicted octanol–water partition coefficient (Wildman–Crippen LogP) is -0.858. The Hall–Kier alpha value is -1.18. The van der Waals surface area contributed by atoms with Gasteiger partial charge in [-0.25, -0.2) is 4.79 Å². The molecular weight excluding hydrogens is 248 g/mol. The molecule has 0 aromatic rings. The topological polar surface area (TPSA) is 82.7 Å². The maximum atomic E-state index is 11.7. The van der Waals surface area contributed by atoms with Crippen molar-refractivity contribution < 1.29 is 14.3 Å². The zero-order valence-electron chi connectivity index (χ0n) is 11.7. The van der Waals surface area contributed by atoms with Gasteiger partial charge in [-0.15, -0.1) is 0 Å². The number of hydrogen-bond acceptors (Lipinski definition) is 5. The zero-order valence-corrected chi connectivity index (χ0v) is 11.7. The van der Waals surface area contributed by atoms with Crippen LogP contribution in [0.3, 0.4) is 0 Å². The highest BCUT2D eigenvalue weighted by molar-refractivity contribution is 5.95. The van der Waals surface area contributed by atoms with Crippen molar-refractivity contribution in [2.45, 2.75) is 18.9 Å². The van der Waals surface area contributed by atoms with Gasteiger partial charge in [-0.2, -0.15) is 0 Å². The lowest BCUT2D eigenvalue weighted by atomic mass is 10.1. The number of urea groups is 1. The molecule has 1 saturated heterocycles. The van der Waals surface area contributed by atoms with Crippen molar-refractivity contribution >= 4 is 11.9 Å². The number of amides is 3. The highest BCUT2D eigenvalue weighted by Crippen LogP contribution is 2.08. The average molecular weight is 272 g/mol. The number of hydrogen-bond donors (Lipinski definition) is 3. The molecule has 1 rings (SSSR count). The molecule has 1 heterocycles. The van der Waals surface area contributed by atoms with E-state index in [4.69, 9.17) is 4.74 Å². The molecular formula is C12H24N4O3. The van der Waals surface area contributed by atoms with Crippen molar-refractivity contribution in [3.63, 3.8) is 0 Å². The molecule has 1 aliphatic heterocycles. The first-order valence-electron chi connectivity index (χ1n) is 6.61. The number of imide groups is 1. The summed E-state index contributed by atoms with van der Waals surface area (Å²) in [4.78, 5) is 25.0. The number of carbonyl (C=O) groups excluding carboxylic acids is 2. The number of carbonyl (C=O) groups is 2. The number of ether oxygens (including phenoxy) is 1. The summed E-state index contributed by atoms with van der Waals surface area (Å²) in [7, 11) is 3.47. The van der Waals surface area contributed by atoms with Gasteiger partial charge in [0.25, 0.3) is 0 Å². The highest BCUT2D eigenvalue weighted by atomic mass is 16.5. The van der Waals surface area contributed by atoms with Crippen LogP contribution in [0.15, 0.2) is 0 Å². The third kappa shape index (κ3) is 6.51. The molecule has 3 amide bonds. The van der Waals surface area contributed by atoms with Gasteiger partial charge < -0.3 is 15.4 Å². The lowest BCUT2D eigenvalue weighted by Gasteiger charge is -2.30. The van der Waals surface area contributed by atoms with E-state index in [1.54, 1.807) is 7.11 Å². The Balaban J connectivity index is 2.20. The van der Waals surface area contributed by atoms with Crippen LogP contribution < -0.4 is 16.0 Å². The van der Waals surface area contributed by atoms with Crippen LogP contribution in [-0.2, 0) is 9.53 Å². The molecule has 1 fully saturated rings. The number of piperidine rings is 1. The fourth-order valence-electron chi connectivity index (χ4n) is 2.08. The van der Waals surface area contributed by atoms with Crippen LogP contribution in [0.25, 0.3) is 0 Å². The van der Waals surface area contributed by atoms with Gasteiger partial charge in [-0.05, 0) is 33.0 Å². The normalized spacial score (nSPS) is 16.4. The molecule has 1 aliphatic rings. The van der Waals surface area contributed by atoms with Crippen molar-refractivity contribution in [1.82, 2.24) is 20.9 Å². The monoisotopic (exact) mass is 272 g/mol. The fraction of sp³-hybridized carbons (Fsp3) is 0.833. The number of rotatable bonds is 6. The first-order chi connectivity index (χ1) is 9.13. The number of nitrogens with zero attached hydrogens (tertiary/aromatic N) is 1. The second-order valence-corrected chi connectivity index (χ2v) is 4.69. The molecule has 0 aliphatic carbocycles. The lowest BCUT2D eigenvalue weighted by molar-refractivity contribution is -0.121. The summed E-state index contributed by atoms with van der Waals surface area (Å²) in [6, 6.07) is -0.0655. The molecule has 110 valence electrons. The minimum atomic E-state index is -0.472. The van der Waals surface area contributed by atoms with E-state index in [9.17, 15) is 9.59 Å². The van der Waals surface area contributed by atoms with Gasteiger partial charge in [0.05, 0.1) is 13.2 Å². The Bertz CT molecular complexity index is 293. The highest BCUT2D eigenvalue weighted by Gasteiger charge is 2.20. The molecule has 7 nitrogen and oxygen atoms in total. The van der Waals surface area contributed by atoms with E-state index in [-0.39, 0.29) is 12.5 Å². The van der Waals surface area contributed by atoms with E-state index < -0.39 is 6.03 Å². The molecule has 0 radical (unpaired) electrons. The molecule has 0 saturated carbocycles. The first kappa shape index (κ1) is 15.9. The Morgan fingerprint density at radius 3 is 2.68 bits per heavy atom. The SMILES string of the molecule is COCCNC(=O)NC(=O)CN(C)C1CCNCC1. The van der Waals surface area contributed by atoms with Crippen LogP contribution in [0.5, 0.6) is 0 Å². The Morgan fingerprint density at radius 1 is 1.37 bits per heavy atom. The van der Waals surface area contributed by atoms with E-state index in [1.165, 1.54) is 0 Å². The van der Waals surface area contributed by atoms with Crippen molar-refractivity contribution in [2.24, 2.45) is 0 Å². The van der Waals surface area contributed by atoms with E-state index >= 15 is 0 Å². The van der Waals surface area contributed by atoms with Crippen LogP contribution in [0.4, 0.5) is 4.79 Å². The molecule has 0 unspecified atom stereocenters. The summed E-state index contributed by atoms with van der Waals surface area (Å²) < 4.78 is 4.80. The third-order valence-electron chi connectivity index (χ3n) is 3.17. The molecule has 0 aromatic carbocycles. The van der Waals surface area contributed by atoms with Gasteiger partial charge in [0.15, 0.2) is 0 Å². The first-order valence-corrected chi connectivity index (χ1v) is 6.61. The van der Waals surface area contributed by atoms with Crippen LogP contribution in [-0.4, -0.2) is 69.8 Å². The Kier molecular flexibility index (Phi) is 7.39. The van der Waals surface area contributed by atoms with E-state index in [2.05, 4.69) is 16.0 Å². The minimum Gasteiger partial charge on any atom is -0.383 e. The van der Waals surface area contributed by atoms with Crippen molar-refractivity contribution in [3.05, 3.63) is 0 Å². The standard InChI is InChI=1S/C12H24N4O3/c1-16(10-3-5-13-6-4-10)9-11(17)15-12(18)14-7-8-19-2/h10,13H,3-9H2,1-2H3,(H2,14,15,17,18). The van der Waals surface area contributed by atoms with Gasteiger partial charge in [0.2, 0.25) is 5.91 Å². The Labute approximate surface area is 114 Å². The maximum absolute atomic E-state index is 11.7. The number of nitrogens with one attached hydrogen (secondary N) is 3. The van der Waals surface area contributed by atoms with Gasteiger partial charge in [0, 0.05) is 19.7 Å². The van der Waals surface area contributed by atoms with E-state index in [1.807, 2.05) is 11.9 Å². The molecule has 3 N–H and O–H groups in total. The summed E-state index contributed by atoms with van der Waals surface area (Å²) in [5.74, 6) is -0.282. The zero-order chi connectivity index (χ0) is 14.1. The van der Waals surface area contributed by atoms with Crippen LogP contribution >= 0.6 is 0 Å². The van der Waals surface area contributed by atoms with E-state index in [0.717, 1.165) is 25.9 Å². The summed E-state index contributed by atoms with van der Waals surface area (Å²) in [6.45, 7) is 3.01. The van der Waals surface area contributed by atoms with E-state index in [0.29, 0.717) is 19.2 Å². The lowest BCUT2D eigenvalue weighted by Crippen LogP contribution is -2.48. The van der Waals surface area contributed by atoms with Gasteiger partial charge in [-0.3, -0.25) is 15.0 Å². The second kappa shape index (κ2) is 8.84. The van der Waals surface area contributed by atoms with Crippen LogP contribution in [0.1, 0.15) is 12.8 Å². The van der Waals surface area contributed by atoms with Gasteiger partial charge in [-0.1, -0.05) is 0 Å². The number of methoxy groups -OCH3 is 1. The minimum absolute atomic E-state index is 0.238. The fourth-order valence-corrected chi connectivity index (χ4v) is 2.08. The molecule has 19 heavy (non-hydrogen) atoms. The molecule has 0 atom stereocenters. The molecule has 0 aromatic heterocycles. The summed E-state index contributed by atoms with van der Waals surface area (Å²) in [6.07, 6.45) is 2.06. The second-order valence-electron chi connectivity index (χ2n) is 4.69. The maximum Gasteiger partial charge on any atom is 0.321 e.